The van der Waals surface area contributed by atoms with Crippen molar-refractivity contribution in [2.24, 2.45) is 0 Å². The van der Waals surface area contributed by atoms with Crippen molar-refractivity contribution in [1.82, 2.24) is 0 Å². The van der Waals surface area contributed by atoms with E-state index < -0.39 is 0 Å². The molecule has 2 rings (SSSR count). The van der Waals surface area contributed by atoms with Gasteiger partial charge in [-0.1, -0.05) is 72.9 Å². The summed E-state index contributed by atoms with van der Waals surface area (Å²) in [6.07, 6.45) is 17.6. The molecule has 2 aromatic rings. The number of ether oxygens (including phenoxy) is 2. The van der Waals surface area contributed by atoms with Gasteiger partial charge in [-0.3, -0.25) is 0 Å². The van der Waals surface area contributed by atoms with E-state index in [1.807, 2.05) is 60.7 Å². The van der Waals surface area contributed by atoms with Crippen LogP contribution >= 0.6 is 0 Å². The topological polar surface area (TPSA) is 18.5 Å². The molecule has 2 heteroatoms. The lowest BCUT2D eigenvalue weighted by atomic mass is 10.0. The molecule has 0 spiro atoms. The van der Waals surface area contributed by atoms with Gasteiger partial charge in [0.25, 0.3) is 0 Å². The molecular formula is C26H28O2. The maximum Gasteiger partial charge on any atom is 0.122 e. The minimum absolute atomic E-state index is 0.773. The average Bonchev–Trinajstić information content (AvgIpc) is 2.72. The van der Waals surface area contributed by atoms with Crippen molar-refractivity contribution in [3.8, 4) is 11.5 Å². The molecular weight excluding hydrogens is 344 g/mol. The standard InChI is InChI=1S/C26H28O2/c1-5-13-23-21(17-11-19-25(23)27-3)15-9-7-8-10-16-22-18-12-20-26(28-4)24(22)14-6-2/h5-12,15-20H,1-2,13-14H2,3-4H3/b8-7+,15-9+,16-10+. The van der Waals surface area contributed by atoms with Crippen LogP contribution in [0.3, 0.4) is 0 Å². The van der Waals surface area contributed by atoms with Crippen molar-refractivity contribution in [2.45, 2.75) is 12.8 Å². The van der Waals surface area contributed by atoms with E-state index in [9.17, 15) is 0 Å². The molecule has 0 saturated carbocycles. The normalized spacial score (nSPS) is 11.4. The molecule has 0 aliphatic heterocycles. The summed E-state index contributed by atoms with van der Waals surface area (Å²) >= 11 is 0. The molecule has 0 radical (unpaired) electrons. The van der Waals surface area contributed by atoms with Gasteiger partial charge in [0, 0.05) is 11.1 Å². The predicted octanol–water partition coefficient (Wildman–Crippen LogP) is 6.44. The molecule has 0 amide bonds. The van der Waals surface area contributed by atoms with Crippen molar-refractivity contribution in [3.63, 3.8) is 0 Å². The SMILES string of the molecule is C=CCc1c(/C=C/C=C/C=C/c2cccc(OC)c2CC=C)cccc1OC. The number of benzene rings is 2. The average molecular weight is 373 g/mol. The van der Waals surface area contributed by atoms with Crippen LogP contribution in [0.25, 0.3) is 12.2 Å². The highest BCUT2D eigenvalue weighted by Gasteiger charge is 2.05. The van der Waals surface area contributed by atoms with E-state index in [2.05, 4.69) is 37.4 Å². The van der Waals surface area contributed by atoms with Crippen LogP contribution in [0.2, 0.25) is 0 Å². The van der Waals surface area contributed by atoms with Crippen molar-refractivity contribution in [3.05, 3.63) is 108 Å². The molecule has 0 heterocycles. The van der Waals surface area contributed by atoms with E-state index in [4.69, 9.17) is 9.47 Å². The molecule has 0 unspecified atom stereocenters. The Balaban J connectivity index is 2.13. The fraction of sp³-hybridized carbons (Fsp3) is 0.154. The van der Waals surface area contributed by atoms with Gasteiger partial charge in [0.15, 0.2) is 0 Å². The molecule has 0 saturated heterocycles. The Kier molecular flexibility index (Phi) is 8.61. The molecule has 0 fully saturated rings. The molecule has 0 aromatic heterocycles. The lowest BCUT2D eigenvalue weighted by molar-refractivity contribution is 0.410. The zero-order valence-corrected chi connectivity index (χ0v) is 16.7. The first-order valence-electron chi connectivity index (χ1n) is 9.30. The molecule has 0 aliphatic rings. The van der Waals surface area contributed by atoms with Gasteiger partial charge in [0.05, 0.1) is 14.2 Å². The quantitative estimate of drug-likeness (QED) is 0.353. The molecule has 28 heavy (non-hydrogen) atoms. The fourth-order valence-electron chi connectivity index (χ4n) is 3.03. The number of allylic oxidation sites excluding steroid dienone is 6. The maximum absolute atomic E-state index is 5.45. The van der Waals surface area contributed by atoms with Crippen molar-refractivity contribution in [1.29, 1.82) is 0 Å². The van der Waals surface area contributed by atoms with Gasteiger partial charge >= 0.3 is 0 Å². The third-order valence-electron chi connectivity index (χ3n) is 4.36. The van der Waals surface area contributed by atoms with Crippen LogP contribution in [-0.4, -0.2) is 14.2 Å². The first kappa shape index (κ1) is 21.0. The summed E-state index contributed by atoms with van der Waals surface area (Å²) in [5.41, 5.74) is 4.55. The number of rotatable bonds is 10. The first-order chi connectivity index (χ1) is 13.7. The van der Waals surface area contributed by atoms with Crippen molar-refractivity contribution in [2.75, 3.05) is 14.2 Å². The summed E-state index contributed by atoms with van der Waals surface area (Å²) in [4.78, 5) is 0. The molecule has 2 nitrogen and oxygen atoms in total. The Hall–Kier alpha value is -3.26. The zero-order chi connectivity index (χ0) is 20.2. The highest BCUT2D eigenvalue weighted by Crippen LogP contribution is 2.25. The maximum atomic E-state index is 5.45. The van der Waals surface area contributed by atoms with Gasteiger partial charge in [0.2, 0.25) is 0 Å². The van der Waals surface area contributed by atoms with Gasteiger partial charge in [-0.25, -0.2) is 0 Å². The van der Waals surface area contributed by atoms with Crippen LogP contribution in [0.15, 0.2) is 86.0 Å². The van der Waals surface area contributed by atoms with E-state index in [0.717, 1.165) is 46.6 Å². The van der Waals surface area contributed by atoms with Gasteiger partial charge in [-0.2, -0.15) is 0 Å². The van der Waals surface area contributed by atoms with E-state index in [1.54, 1.807) is 14.2 Å². The van der Waals surface area contributed by atoms with E-state index in [0.29, 0.717) is 0 Å². The van der Waals surface area contributed by atoms with Crippen LogP contribution in [0.1, 0.15) is 22.3 Å². The summed E-state index contributed by atoms with van der Waals surface area (Å²) in [7, 11) is 3.39. The molecule has 0 atom stereocenters. The van der Waals surface area contributed by atoms with Gasteiger partial charge in [-0.05, 0) is 36.1 Å². The van der Waals surface area contributed by atoms with Crippen LogP contribution in [0, 0.1) is 0 Å². The molecule has 0 aliphatic carbocycles. The summed E-state index contributed by atoms with van der Waals surface area (Å²) in [6, 6.07) is 12.1. The predicted molar refractivity (Wildman–Crippen MR) is 121 cm³/mol. The third-order valence-corrected chi connectivity index (χ3v) is 4.36. The molecule has 144 valence electrons. The number of hydrogen-bond donors (Lipinski definition) is 0. The largest absolute Gasteiger partial charge is 0.496 e. The Morgan fingerprint density at radius 2 is 1.11 bits per heavy atom. The summed E-state index contributed by atoms with van der Waals surface area (Å²) < 4.78 is 10.9. The lowest BCUT2D eigenvalue weighted by Crippen LogP contribution is -1.93. The molecule has 2 aromatic carbocycles. The summed E-state index contributed by atoms with van der Waals surface area (Å²) in [5.74, 6) is 1.78. The number of hydrogen-bond acceptors (Lipinski definition) is 2. The van der Waals surface area contributed by atoms with Gasteiger partial charge < -0.3 is 9.47 Å². The highest BCUT2D eigenvalue weighted by atomic mass is 16.5. The van der Waals surface area contributed by atoms with Crippen molar-refractivity contribution < 1.29 is 9.47 Å². The lowest BCUT2D eigenvalue weighted by Gasteiger charge is -2.09. The third kappa shape index (κ3) is 5.62. The summed E-state index contributed by atoms with van der Waals surface area (Å²) in [6.45, 7) is 7.67. The monoisotopic (exact) mass is 372 g/mol. The van der Waals surface area contributed by atoms with E-state index in [1.165, 1.54) is 0 Å². The Bertz CT molecular complexity index is 812. The minimum atomic E-state index is 0.773. The first-order valence-corrected chi connectivity index (χ1v) is 9.30. The Labute approximate surface area is 168 Å². The fourth-order valence-corrected chi connectivity index (χ4v) is 3.03. The van der Waals surface area contributed by atoms with Gasteiger partial charge in [0.1, 0.15) is 11.5 Å². The van der Waals surface area contributed by atoms with Crippen LogP contribution in [-0.2, 0) is 12.8 Å². The second-order valence-corrected chi connectivity index (χ2v) is 6.14. The van der Waals surface area contributed by atoms with Crippen LogP contribution < -0.4 is 9.47 Å². The smallest absolute Gasteiger partial charge is 0.122 e. The van der Waals surface area contributed by atoms with Crippen molar-refractivity contribution >= 4 is 12.2 Å². The Morgan fingerprint density at radius 3 is 1.46 bits per heavy atom. The number of methoxy groups -OCH3 is 2. The van der Waals surface area contributed by atoms with Crippen LogP contribution in [0.5, 0.6) is 11.5 Å². The molecule has 0 N–H and O–H groups in total. The molecule has 0 bridgehead atoms. The second-order valence-electron chi connectivity index (χ2n) is 6.14. The van der Waals surface area contributed by atoms with Gasteiger partial charge in [-0.15, -0.1) is 13.2 Å². The second kappa shape index (κ2) is 11.5. The summed E-state index contributed by atoms with van der Waals surface area (Å²) in [5, 5.41) is 0. The van der Waals surface area contributed by atoms with E-state index in [-0.39, 0.29) is 0 Å². The van der Waals surface area contributed by atoms with E-state index >= 15 is 0 Å². The highest BCUT2D eigenvalue weighted by molar-refractivity contribution is 5.61. The van der Waals surface area contributed by atoms with Crippen LogP contribution in [0.4, 0.5) is 0 Å². The Morgan fingerprint density at radius 1 is 0.679 bits per heavy atom. The minimum Gasteiger partial charge on any atom is -0.496 e. The zero-order valence-electron chi connectivity index (χ0n) is 16.7.